The molecule has 0 fully saturated rings. The van der Waals surface area contributed by atoms with Crippen LogP contribution in [0.4, 0.5) is 5.69 Å². The van der Waals surface area contributed by atoms with Crippen molar-refractivity contribution in [1.29, 1.82) is 0 Å². The first-order valence-corrected chi connectivity index (χ1v) is 12.6. The number of hydrogen-bond acceptors (Lipinski definition) is 6. The molecule has 37 heavy (non-hydrogen) atoms. The fourth-order valence-electron chi connectivity index (χ4n) is 3.27. The average molecular weight is 510 g/mol. The Morgan fingerprint density at radius 1 is 0.838 bits per heavy atom. The number of unbranched alkanes of at least 4 members (excludes halogenated alkanes) is 2. The predicted molar refractivity (Wildman–Crippen MR) is 144 cm³/mol. The summed E-state index contributed by atoms with van der Waals surface area (Å²) in [5.41, 5.74) is 0.431. The molecule has 7 nitrogen and oxygen atoms in total. The van der Waals surface area contributed by atoms with Crippen LogP contribution in [0.15, 0.2) is 60.4 Å². The minimum atomic E-state index is -0.835. The zero-order chi connectivity index (χ0) is 27.6. The van der Waals surface area contributed by atoms with Crippen LogP contribution in [-0.4, -0.2) is 29.0 Å². The van der Waals surface area contributed by atoms with Gasteiger partial charge in [-0.05, 0) is 84.2 Å². The quantitative estimate of drug-likeness (QED) is 0.168. The van der Waals surface area contributed by atoms with Crippen molar-refractivity contribution in [2.45, 2.75) is 85.4 Å². The molecule has 200 valence electrons. The number of carbonyl (C=O) groups is 3. The van der Waals surface area contributed by atoms with Crippen molar-refractivity contribution in [3.8, 4) is 5.75 Å². The second-order valence-electron chi connectivity index (χ2n) is 10.8. The highest BCUT2D eigenvalue weighted by molar-refractivity contribution is 6.05. The largest absolute Gasteiger partial charge is 0.457 e. The lowest BCUT2D eigenvalue weighted by Crippen LogP contribution is -2.28. The van der Waals surface area contributed by atoms with Crippen LogP contribution in [0.3, 0.4) is 0 Å². The molecule has 0 heterocycles. The molecule has 1 N–H and O–H groups in total. The van der Waals surface area contributed by atoms with Crippen LogP contribution < -0.4 is 10.1 Å². The second-order valence-corrected chi connectivity index (χ2v) is 10.8. The summed E-state index contributed by atoms with van der Waals surface area (Å²) in [5, 5.41) is 2.82. The Kier molecular flexibility index (Phi) is 10.5. The number of amides is 1. The van der Waals surface area contributed by atoms with Crippen LogP contribution >= 0.6 is 0 Å². The van der Waals surface area contributed by atoms with Gasteiger partial charge in [0, 0.05) is 5.56 Å². The minimum absolute atomic E-state index is 0.174. The molecule has 0 bridgehead atoms. The van der Waals surface area contributed by atoms with Crippen molar-refractivity contribution in [2.24, 2.45) is 0 Å². The molecule has 0 unspecified atom stereocenters. The maximum absolute atomic E-state index is 12.9. The predicted octanol–water partition coefficient (Wildman–Crippen LogP) is 6.62. The fourth-order valence-corrected chi connectivity index (χ4v) is 3.27. The number of ether oxygens (including phenoxy) is 3. The summed E-state index contributed by atoms with van der Waals surface area (Å²) >= 11 is 0. The molecule has 0 aliphatic carbocycles. The van der Waals surface area contributed by atoms with Gasteiger partial charge in [-0.15, -0.1) is 0 Å². The molecule has 0 saturated heterocycles. The summed E-state index contributed by atoms with van der Waals surface area (Å²) in [4.78, 5) is 38.2. The van der Waals surface area contributed by atoms with E-state index in [2.05, 4.69) is 12.2 Å². The van der Waals surface area contributed by atoms with Crippen LogP contribution in [0.5, 0.6) is 5.75 Å². The maximum Gasteiger partial charge on any atom is 0.375 e. The van der Waals surface area contributed by atoms with Crippen molar-refractivity contribution in [2.75, 3.05) is 5.32 Å². The van der Waals surface area contributed by atoms with E-state index >= 15 is 0 Å². The first-order chi connectivity index (χ1) is 17.3. The molecule has 0 aromatic heterocycles. The Morgan fingerprint density at radius 3 is 2.05 bits per heavy atom. The lowest BCUT2D eigenvalue weighted by Gasteiger charge is -2.22. The van der Waals surface area contributed by atoms with Crippen LogP contribution in [-0.2, 0) is 25.5 Å². The smallest absolute Gasteiger partial charge is 0.375 e. The second kappa shape index (κ2) is 13.1. The Balaban J connectivity index is 2.25. The molecule has 0 spiro atoms. The number of carbonyl (C=O) groups excluding carboxylic acids is 3. The van der Waals surface area contributed by atoms with Crippen LogP contribution in [0.1, 0.15) is 83.7 Å². The summed E-state index contributed by atoms with van der Waals surface area (Å²) in [6, 6.07) is 14.1. The van der Waals surface area contributed by atoms with Gasteiger partial charge in [0.05, 0.1) is 11.8 Å². The molecule has 0 radical (unpaired) electrons. The van der Waals surface area contributed by atoms with Gasteiger partial charge < -0.3 is 19.5 Å². The molecule has 0 saturated carbocycles. The van der Waals surface area contributed by atoms with Gasteiger partial charge in [-0.3, -0.25) is 4.79 Å². The number of hydrogen-bond donors (Lipinski definition) is 1. The standard InChI is InChI=1S/C30H39NO6/c1-8-9-10-13-21-16-18-22(19-17-21)27(33)31-23-14-11-12-15-24(23)35-25(28(34)37-30(5,6)7)20-26(32)36-29(2,3)4/h11-12,14-20H,8-10,13H2,1-7H3,(H,31,33)/b25-20-. The van der Waals surface area contributed by atoms with E-state index in [-0.39, 0.29) is 17.4 Å². The van der Waals surface area contributed by atoms with Crippen molar-refractivity contribution < 1.29 is 28.6 Å². The minimum Gasteiger partial charge on any atom is -0.457 e. The summed E-state index contributed by atoms with van der Waals surface area (Å²) in [6.45, 7) is 12.4. The Labute approximate surface area is 220 Å². The molecule has 2 aromatic rings. The average Bonchev–Trinajstić information content (AvgIpc) is 2.78. The van der Waals surface area contributed by atoms with Crippen molar-refractivity contribution in [1.82, 2.24) is 0 Å². The molecule has 0 atom stereocenters. The van der Waals surface area contributed by atoms with E-state index in [4.69, 9.17) is 14.2 Å². The van der Waals surface area contributed by atoms with Crippen LogP contribution in [0, 0.1) is 0 Å². The van der Waals surface area contributed by atoms with Crippen LogP contribution in [0.25, 0.3) is 0 Å². The number of anilines is 1. The van der Waals surface area contributed by atoms with Gasteiger partial charge >= 0.3 is 11.9 Å². The van der Waals surface area contributed by atoms with Gasteiger partial charge in [0.1, 0.15) is 11.2 Å². The first-order valence-electron chi connectivity index (χ1n) is 12.6. The monoisotopic (exact) mass is 509 g/mol. The molecular weight excluding hydrogens is 470 g/mol. The number of rotatable bonds is 10. The summed E-state index contributed by atoms with van der Waals surface area (Å²) in [5.74, 6) is -2.10. The van der Waals surface area contributed by atoms with E-state index in [9.17, 15) is 14.4 Å². The first kappa shape index (κ1) is 29.6. The summed E-state index contributed by atoms with van der Waals surface area (Å²) in [6.07, 6.45) is 5.37. The van der Waals surface area contributed by atoms with E-state index in [0.717, 1.165) is 25.3 Å². The zero-order valence-corrected chi connectivity index (χ0v) is 23.0. The molecule has 0 aliphatic rings. The lowest BCUT2D eigenvalue weighted by molar-refractivity contribution is -0.154. The Bertz CT molecular complexity index is 1100. The molecular formula is C30H39NO6. The SMILES string of the molecule is CCCCCc1ccc(C(=O)Nc2ccccc2O/C(=C\C(=O)OC(C)(C)C)C(=O)OC(C)(C)C)cc1. The Hall–Kier alpha value is -3.61. The molecule has 7 heteroatoms. The normalized spacial score (nSPS) is 12.0. The highest BCUT2D eigenvalue weighted by Crippen LogP contribution is 2.27. The van der Waals surface area contributed by atoms with E-state index < -0.39 is 23.1 Å². The van der Waals surface area contributed by atoms with E-state index in [0.29, 0.717) is 11.3 Å². The van der Waals surface area contributed by atoms with Gasteiger partial charge in [0.25, 0.3) is 5.91 Å². The summed E-state index contributed by atoms with van der Waals surface area (Å²) in [7, 11) is 0. The lowest BCUT2D eigenvalue weighted by atomic mass is 10.1. The molecule has 1 amide bonds. The van der Waals surface area contributed by atoms with E-state index in [1.165, 1.54) is 12.0 Å². The molecule has 2 rings (SSSR count). The highest BCUT2D eigenvalue weighted by atomic mass is 16.6. The van der Waals surface area contributed by atoms with Gasteiger partial charge in [0.15, 0.2) is 5.75 Å². The van der Waals surface area contributed by atoms with Gasteiger partial charge in [-0.2, -0.15) is 0 Å². The number of esters is 2. The third kappa shape index (κ3) is 10.9. The van der Waals surface area contributed by atoms with Gasteiger partial charge in [-0.1, -0.05) is 44.0 Å². The third-order valence-corrected chi connectivity index (χ3v) is 4.90. The maximum atomic E-state index is 12.9. The number of para-hydroxylation sites is 2. The van der Waals surface area contributed by atoms with Gasteiger partial charge in [-0.25, -0.2) is 9.59 Å². The molecule has 2 aromatic carbocycles. The number of nitrogens with one attached hydrogen (secondary N) is 1. The van der Waals surface area contributed by atoms with E-state index in [1.54, 1.807) is 77.9 Å². The third-order valence-electron chi connectivity index (χ3n) is 4.90. The van der Waals surface area contributed by atoms with Gasteiger partial charge in [0.2, 0.25) is 5.76 Å². The van der Waals surface area contributed by atoms with Crippen molar-refractivity contribution >= 4 is 23.5 Å². The zero-order valence-electron chi connectivity index (χ0n) is 23.0. The van der Waals surface area contributed by atoms with Crippen molar-refractivity contribution in [3.63, 3.8) is 0 Å². The van der Waals surface area contributed by atoms with Crippen molar-refractivity contribution in [3.05, 3.63) is 71.5 Å². The van der Waals surface area contributed by atoms with E-state index in [1.807, 2.05) is 12.1 Å². The highest BCUT2D eigenvalue weighted by Gasteiger charge is 2.25. The van der Waals surface area contributed by atoms with Crippen LogP contribution in [0.2, 0.25) is 0 Å². The molecule has 0 aliphatic heterocycles. The Morgan fingerprint density at radius 2 is 1.46 bits per heavy atom. The number of aryl methyl sites for hydroxylation is 1. The topological polar surface area (TPSA) is 90.9 Å². The fraction of sp³-hybridized carbons (Fsp3) is 0.433. The number of benzene rings is 2. The summed E-state index contributed by atoms with van der Waals surface area (Å²) < 4.78 is 16.5.